The summed E-state index contributed by atoms with van der Waals surface area (Å²) < 4.78 is 52.2. The topological polar surface area (TPSA) is 50.7 Å². The summed E-state index contributed by atoms with van der Waals surface area (Å²) in [5, 5.41) is 0. The molecular formula is C24H27F3N4O2. The zero-order valence-electron chi connectivity index (χ0n) is 19.1. The van der Waals surface area contributed by atoms with E-state index in [1.54, 1.807) is 48.3 Å². The van der Waals surface area contributed by atoms with Crippen molar-refractivity contribution in [3.63, 3.8) is 0 Å². The molecule has 0 saturated heterocycles. The van der Waals surface area contributed by atoms with Crippen molar-refractivity contribution in [3.8, 4) is 11.5 Å². The van der Waals surface area contributed by atoms with E-state index in [0.29, 0.717) is 30.3 Å². The van der Waals surface area contributed by atoms with Gasteiger partial charge in [-0.15, -0.1) is 0 Å². The smallest absolute Gasteiger partial charge is 0.421 e. The molecule has 1 aromatic heterocycles. The van der Waals surface area contributed by atoms with E-state index < -0.39 is 11.7 Å². The zero-order valence-corrected chi connectivity index (χ0v) is 19.1. The van der Waals surface area contributed by atoms with Gasteiger partial charge in [-0.1, -0.05) is 6.92 Å². The van der Waals surface area contributed by atoms with Crippen molar-refractivity contribution in [3.05, 3.63) is 60.3 Å². The van der Waals surface area contributed by atoms with Gasteiger partial charge in [0.2, 0.25) is 5.95 Å². The van der Waals surface area contributed by atoms with Gasteiger partial charge in [0, 0.05) is 31.7 Å². The highest BCUT2D eigenvalue weighted by atomic mass is 19.4. The monoisotopic (exact) mass is 460 g/mol. The molecule has 3 aromatic rings. The van der Waals surface area contributed by atoms with Crippen LogP contribution in [0.5, 0.6) is 11.5 Å². The highest BCUT2D eigenvalue weighted by molar-refractivity contribution is 5.66. The summed E-state index contributed by atoms with van der Waals surface area (Å²) in [6.45, 7) is 4.99. The predicted molar refractivity (Wildman–Crippen MR) is 123 cm³/mol. The van der Waals surface area contributed by atoms with Gasteiger partial charge < -0.3 is 19.3 Å². The molecule has 0 N–H and O–H groups in total. The SMILES string of the molecule is CCCOc1ccc(N(C)c2ncc(C(F)(F)F)c(N(C)c3ccc(OCC)cc3)n2)cc1. The lowest BCUT2D eigenvalue weighted by Gasteiger charge is -2.25. The fraction of sp³-hybridized carbons (Fsp3) is 0.333. The number of hydrogen-bond donors (Lipinski definition) is 0. The molecule has 0 aliphatic carbocycles. The number of hydrogen-bond acceptors (Lipinski definition) is 6. The number of rotatable bonds is 9. The first-order chi connectivity index (χ1) is 15.7. The Kier molecular flexibility index (Phi) is 7.63. The first-order valence-corrected chi connectivity index (χ1v) is 10.6. The van der Waals surface area contributed by atoms with Crippen LogP contribution in [-0.2, 0) is 6.18 Å². The van der Waals surface area contributed by atoms with Crippen molar-refractivity contribution >= 4 is 23.1 Å². The quantitative estimate of drug-likeness (QED) is 0.378. The molecule has 0 amide bonds. The van der Waals surface area contributed by atoms with Crippen LogP contribution in [0.2, 0.25) is 0 Å². The highest BCUT2D eigenvalue weighted by Crippen LogP contribution is 2.38. The Morgan fingerprint density at radius 3 is 1.88 bits per heavy atom. The molecular weight excluding hydrogens is 433 g/mol. The van der Waals surface area contributed by atoms with Gasteiger partial charge in [0.1, 0.15) is 17.1 Å². The molecule has 2 aromatic carbocycles. The number of halogens is 3. The molecule has 33 heavy (non-hydrogen) atoms. The minimum Gasteiger partial charge on any atom is -0.494 e. The lowest BCUT2D eigenvalue weighted by molar-refractivity contribution is -0.137. The fourth-order valence-electron chi connectivity index (χ4n) is 3.14. The second kappa shape index (κ2) is 10.4. The Hall–Kier alpha value is -3.49. The molecule has 0 bridgehead atoms. The summed E-state index contributed by atoms with van der Waals surface area (Å²) in [6, 6.07) is 14.0. The Labute approximate surface area is 191 Å². The van der Waals surface area contributed by atoms with Crippen molar-refractivity contribution in [2.24, 2.45) is 0 Å². The molecule has 0 aliphatic heterocycles. The number of aromatic nitrogens is 2. The molecule has 0 fully saturated rings. The standard InChI is InChI=1S/C24H27F3N4O2/c1-5-15-33-20-13-9-18(10-14-20)31(4)23-28-16-21(24(25,26)27)22(29-23)30(3)17-7-11-19(12-8-17)32-6-2/h7-14,16H,5-6,15H2,1-4H3. The fourth-order valence-corrected chi connectivity index (χ4v) is 3.14. The van der Waals surface area contributed by atoms with Gasteiger partial charge in [-0.05, 0) is 61.9 Å². The van der Waals surface area contributed by atoms with E-state index in [1.807, 2.05) is 26.0 Å². The van der Waals surface area contributed by atoms with E-state index >= 15 is 0 Å². The Morgan fingerprint density at radius 1 is 0.818 bits per heavy atom. The average molecular weight is 461 g/mol. The van der Waals surface area contributed by atoms with Crippen LogP contribution >= 0.6 is 0 Å². The molecule has 1 heterocycles. The molecule has 6 nitrogen and oxygen atoms in total. The summed E-state index contributed by atoms with van der Waals surface area (Å²) in [4.78, 5) is 11.3. The summed E-state index contributed by atoms with van der Waals surface area (Å²) in [7, 11) is 3.24. The maximum Gasteiger partial charge on any atom is 0.421 e. The molecule has 9 heteroatoms. The van der Waals surface area contributed by atoms with Gasteiger partial charge >= 0.3 is 6.18 Å². The van der Waals surface area contributed by atoms with E-state index in [1.165, 1.54) is 11.9 Å². The normalized spacial score (nSPS) is 11.2. The average Bonchev–Trinajstić information content (AvgIpc) is 2.82. The van der Waals surface area contributed by atoms with Crippen molar-refractivity contribution in [1.29, 1.82) is 0 Å². The summed E-state index contributed by atoms with van der Waals surface area (Å²) in [5.74, 6) is 1.25. The molecule has 0 atom stereocenters. The van der Waals surface area contributed by atoms with Gasteiger partial charge in [-0.3, -0.25) is 0 Å². The number of ether oxygens (including phenoxy) is 2. The second-order valence-electron chi connectivity index (χ2n) is 7.29. The van der Waals surface area contributed by atoms with Crippen LogP contribution in [0.1, 0.15) is 25.8 Å². The van der Waals surface area contributed by atoms with Crippen molar-refractivity contribution < 1.29 is 22.6 Å². The maximum absolute atomic E-state index is 13.7. The zero-order chi connectivity index (χ0) is 24.0. The van der Waals surface area contributed by atoms with Crippen molar-refractivity contribution in [2.45, 2.75) is 26.4 Å². The third-order valence-electron chi connectivity index (χ3n) is 4.91. The van der Waals surface area contributed by atoms with E-state index in [2.05, 4.69) is 9.97 Å². The minimum atomic E-state index is -4.61. The first-order valence-electron chi connectivity index (χ1n) is 10.6. The summed E-state index contributed by atoms with van der Waals surface area (Å²) in [5.41, 5.74) is 0.335. The van der Waals surface area contributed by atoms with Crippen molar-refractivity contribution in [2.75, 3.05) is 37.1 Å². The van der Waals surface area contributed by atoms with E-state index in [-0.39, 0.29) is 11.8 Å². The molecule has 0 radical (unpaired) electrons. The second-order valence-corrected chi connectivity index (χ2v) is 7.29. The summed E-state index contributed by atoms with van der Waals surface area (Å²) >= 11 is 0. The molecule has 3 rings (SSSR count). The maximum atomic E-state index is 13.7. The van der Waals surface area contributed by atoms with Gasteiger partial charge in [-0.2, -0.15) is 18.2 Å². The minimum absolute atomic E-state index is 0.137. The van der Waals surface area contributed by atoms with E-state index in [9.17, 15) is 13.2 Å². The lowest BCUT2D eigenvalue weighted by atomic mass is 10.2. The van der Waals surface area contributed by atoms with Crippen LogP contribution in [0, 0.1) is 0 Å². The van der Waals surface area contributed by atoms with E-state index in [4.69, 9.17) is 9.47 Å². The molecule has 176 valence electrons. The number of benzene rings is 2. The molecule has 0 saturated carbocycles. The summed E-state index contributed by atoms with van der Waals surface area (Å²) in [6.07, 6.45) is -2.89. The predicted octanol–water partition coefficient (Wildman–Crippen LogP) is 6.22. The van der Waals surface area contributed by atoms with Gasteiger partial charge in [0.25, 0.3) is 0 Å². The Balaban J connectivity index is 1.94. The largest absolute Gasteiger partial charge is 0.494 e. The van der Waals surface area contributed by atoms with E-state index in [0.717, 1.165) is 18.4 Å². The molecule has 0 unspecified atom stereocenters. The molecule has 0 spiro atoms. The third kappa shape index (κ3) is 5.85. The van der Waals surface area contributed by atoms with Crippen LogP contribution in [0.25, 0.3) is 0 Å². The Bertz CT molecular complexity index is 1040. The third-order valence-corrected chi connectivity index (χ3v) is 4.91. The Morgan fingerprint density at radius 2 is 1.36 bits per heavy atom. The van der Waals surface area contributed by atoms with Gasteiger partial charge in [-0.25, -0.2) is 4.98 Å². The van der Waals surface area contributed by atoms with Crippen LogP contribution in [0.4, 0.5) is 36.3 Å². The van der Waals surface area contributed by atoms with Crippen LogP contribution in [-0.4, -0.2) is 37.3 Å². The van der Waals surface area contributed by atoms with Gasteiger partial charge in [0.15, 0.2) is 5.82 Å². The lowest BCUT2D eigenvalue weighted by Crippen LogP contribution is -2.21. The number of alkyl halides is 3. The highest BCUT2D eigenvalue weighted by Gasteiger charge is 2.37. The van der Waals surface area contributed by atoms with Crippen LogP contribution in [0.3, 0.4) is 0 Å². The number of nitrogens with zero attached hydrogens (tertiary/aromatic N) is 4. The molecule has 0 aliphatic rings. The van der Waals surface area contributed by atoms with Crippen LogP contribution in [0.15, 0.2) is 54.7 Å². The first kappa shape index (κ1) is 24.2. The van der Waals surface area contributed by atoms with Gasteiger partial charge in [0.05, 0.1) is 13.2 Å². The number of anilines is 4. The van der Waals surface area contributed by atoms with Crippen molar-refractivity contribution in [1.82, 2.24) is 9.97 Å². The van der Waals surface area contributed by atoms with Crippen LogP contribution < -0.4 is 19.3 Å².